The first kappa shape index (κ1) is 25.5. The Hall–Kier alpha value is -3.55. The second kappa shape index (κ2) is 9.15. The number of carbonyl (C=O) groups is 4. The third-order valence-electron chi connectivity index (χ3n) is 6.55. The monoisotopic (exact) mass is 520 g/mol. The van der Waals surface area contributed by atoms with Crippen molar-refractivity contribution in [2.24, 2.45) is 0 Å². The van der Waals surface area contributed by atoms with Crippen LogP contribution in [0, 0.1) is 6.92 Å². The summed E-state index contributed by atoms with van der Waals surface area (Å²) in [5.74, 6) is -2.95. The van der Waals surface area contributed by atoms with Gasteiger partial charge in [0.15, 0.2) is 11.4 Å². The topological polar surface area (TPSA) is 159 Å². The number of hydrogen-bond donors (Lipinski definition) is 2. The molecular weight excluding hydrogens is 494 g/mol. The fraction of sp³-hybridized carbons (Fsp3) is 0.391. The number of carboxylic acid groups (broad SMARTS) is 1. The number of hydrogen-bond acceptors (Lipinski definition) is 7. The lowest BCUT2D eigenvalue weighted by atomic mass is 10.1. The van der Waals surface area contributed by atoms with Crippen molar-refractivity contribution in [1.29, 1.82) is 0 Å². The van der Waals surface area contributed by atoms with E-state index in [0.717, 1.165) is 16.5 Å². The molecule has 0 aromatic heterocycles. The lowest BCUT2D eigenvalue weighted by molar-refractivity contribution is -0.144. The van der Waals surface area contributed by atoms with Crippen LogP contribution in [0.2, 0.25) is 0 Å². The van der Waals surface area contributed by atoms with Gasteiger partial charge in [-0.05, 0) is 31.1 Å². The van der Waals surface area contributed by atoms with Crippen molar-refractivity contribution in [2.75, 3.05) is 19.6 Å². The van der Waals surface area contributed by atoms with E-state index in [4.69, 9.17) is 4.74 Å². The van der Waals surface area contributed by atoms with Crippen LogP contribution in [0.3, 0.4) is 0 Å². The molecule has 0 bridgehead atoms. The number of carboxylic acids is 1. The lowest BCUT2D eigenvalue weighted by Gasteiger charge is -2.45. The van der Waals surface area contributed by atoms with Gasteiger partial charge in [0, 0.05) is 18.7 Å². The predicted octanol–water partition coefficient (Wildman–Crippen LogP) is 1.76. The highest BCUT2D eigenvalue weighted by atomic mass is 32.2. The number of aliphatic carboxylic acids is 1. The number of ether oxygens (including phenoxy) is 1. The van der Waals surface area contributed by atoms with Crippen molar-refractivity contribution in [3.05, 3.63) is 47.4 Å². The molecule has 1 aromatic rings. The maximum absolute atomic E-state index is 13.1. The first-order chi connectivity index (χ1) is 16.9. The number of carbonyl (C=O) groups excluding carboxylic acids is 3. The van der Waals surface area contributed by atoms with E-state index in [1.807, 2.05) is 13.8 Å². The molecule has 36 heavy (non-hydrogen) atoms. The van der Waals surface area contributed by atoms with E-state index in [-0.39, 0.29) is 29.9 Å². The Morgan fingerprint density at radius 3 is 2.47 bits per heavy atom. The minimum Gasteiger partial charge on any atom is -0.480 e. The molecule has 1 spiro atoms. The van der Waals surface area contributed by atoms with Crippen molar-refractivity contribution < 1.29 is 42.0 Å². The smallest absolute Gasteiger partial charge is 0.334 e. The molecule has 2 unspecified atom stereocenters. The number of allylic oxidation sites excluding steroid dienone is 2. The minimum atomic E-state index is -4.49. The fourth-order valence-electron chi connectivity index (χ4n) is 4.69. The number of urea groups is 1. The Labute approximate surface area is 207 Å². The Kier molecular flexibility index (Phi) is 6.49. The van der Waals surface area contributed by atoms with Gasteiger partial charge in [0.05, 0.1) is 13.0 Å². The summed E-state index contributed by atoms with van der Waals surface area (Å²) in [5.41, 5.74) is 0.891. The molecule has 3 heterocycles. The first-order valence-corrected chi connectivity index (χ1v) is 12.9. The quantitative estimate of drug-likeness (QED) is 0.236. The van der Waals surface area contributed by atoms with E-state index < -0.39 is 51.4 Å². The first-order valence-electron chi connectivity index (χ1n) is 11.4. The lowest BCUT2D eigenvalue weighted by Crippen LogP contribution is -2.67. The SMILES string of the molecule is CCCCN1C(=O)C(=CC=C2Oc3ccc(C)cc3[N+]23CCC3S(=O)(=O)O)C(=O)N(CC(=O)O)C1=O. The third kappa shape index (κ3) is 4.08. The molecule has 4 amide bonds. The average molecular weight is 521 g/mol. The molecule has 0 aliphatic carbocycles. The Morgan fingerprint density at radius 2 is 1.89 bits per heavy atom. The molecule has 13 heteroatoms. The van der Waals surface area contributed by atoms with Gasteiger partial charge in [-0.15, -0.1) is 0 Å². The van der Waals surface area contributed by atoms with E-state index >= 15 is 0 Å². The molecule has 192 valence electrons. The Morgan fingerprint density at radius 1 is 1.19 bits per heavy atom. The summed E-state index contributed by atoms with van der Waals surface area (Å²) in [4.78, 5) is 51.2. The maximum atomic E-state index is 13.1. The van der Waals surface area contributed by atoms with E-state index in [1.54, 1.807) is 18.2 Å². The van der Waals surface area contributed by atoms with Crippen molar-refractivity contribution in [2.45, 2.75) is 38.5 Å². The van der Waals surface area contributed by atoms with Crippen LogP contribution in [0.5, 0.6) is 5.75 Å². The second-order valence-electron chi connectivity index (χ2n) is 8.89. The predicted molar refractivity (Wildman–Crippen MR) is 126 cm³/mol. The summed E-state index contributed by atoms with van der Waals surface area (Å²) in [7, 11) is -4.49. The van der Waals surface area contributed by atoms with Gasteiger partial charge in [0.25, 0.3) is 11.8 Å². The number of benzene rings is 1. The molecular formula is C23H26N3O9S+. The number of barbiturate groups is 1. The molecule has 3 aliphatic rings. The zero-order valence-corrected chi connectivity index (χ0v) is 20.5. The van der Waals surface area contributed by atoms with Crippen LogP contribution >= 0.6 is 0 Å². The van der Waals surface area contributed by atoms with Gasteiger partial charge < -0.3 is 9.84 Å². The highest BCUT2D eigenvalue weighted by molar-refractivity contribution is 7.86. The molecule has 3 aliphatic heterocycles. The number of amides is 4. The molecule has 12 nitrogen and oxygen atoms in total. The highest BCUT2D eigenvalue weighted by Crippen LogP contribution is 2.53. The van der Waals surface area contributed by atoms with E-state index in [0.29, 0.717) is 29.2 Å². The Balaban J connectivity index is 1.80. The van der Waals surface area contributed by atoms with Gasteiger partial charge in [-0.2, -0.15) is 8.42 Å². The number of imide groups is 2. The van der Waals surface area contributed by atoms with Crippen molar-refractivity contribution >= 4 is 39.6 Å². The number of unbranched alkanes of at least 4 members (excludes halogenated alkanes) is 1. The van der Waals surface area contributed by atoms with Crippen molar-refractivity contribution in [3.8, 4) is 5.75 Å². The number of quaternary nitrogens is 1. The van der Waals surface area contributed by atoms with Crippen molar-refractivity contribution in [1.82, 2.24) is 14.3 Å². The Bertz CT molecular complexity index is 1330. The average Bonchev–Trinajstić information content (AvgIpc) is 3.09. The van der Waals surface area contributed by atoms with Crippen LogP contribution < -0.4 is 9.22 Å². The van der Waals surface area contributed by atoms with Gasteiger partial charge >= 0.3 is 28.0 Å². The summed E-state index contributed by atoms with van der Waals surface area (Å²) in [6.07, 6.45) is 3.64. The van der Waals surface area contributed by atoms with Gasteiger partial charge in [0.1, 0.15) is 12.1 Å². The molecule has 0 radical (unpaired) electrons. The number of fused-ring (bicyclic) bond motifs is 2. The van der Waals surface area contributed by atoms with Crippen LogP contribution in [-0.4, -0.2) is 76.7 Å². The summed E-state index contributed by atoms with van der Waals surface area (Å²) in [6, 6.07) is 4.17. The highest BCUT2D eigenvalue weighted by Gasteiger charge is 2.63. The van der Waals surface area contributed by atoms with E-state index in [1.165, 1.54) is 6.08 Å². The minimum absolute atomic E-state index is 0.00245. The largest absolute Gasteiger partial charge is 0.480 e. The number of rotatable bonds is 7. The molecule has 0 saturated carbocycles. The summed E-state index contributed by atoms with van der Waals surface area (Å²) in [5, 5.41) is 7.93. The standard InChI is InChI=1S/C23H25N3O9S/c1-3-4-10-24-21(29)15(22(30)25(23(24)31)13-20(27)28)6-8-18-26(11-9-19(26)36(32,33)34)16-12-14(2)5-7-17(16)35-18/h5-8,12,19H,3-4,9-11,13H2,1-2H3,(H-,27,28,32,33,34)/p+1. The molecule has 2 fully saturated rings. The number of aryl methyl sites for hydroxylation is 1. The maximum Gasteiger partial charge on any atom is 0.334 e. The van der Waals surface area contributed by atoms with Gasteiger partial charge in [-0.3, -0.25) is 23.8 Å². The molecule has 2 atom stereocenters. The fourth-order valence-corrected chi connectivity index (χ4v) is 5.87. The third-order valence-corrected chi connectivity index (χ3v) is 7.83. The van der Waals surface area contributed by atoms with Crippen molar-refractivity contribution in [3.63, 3.8) is 0 Å². The molecule has 2 N–H and O–H groups in total. The van der Waals surface area contributed by atoms with E-state index in [9.17, 15) is 37.3 Å². The molecule has 4 rings (SSSR count). The summed E-state index contributed by atoms with van der Waals surface area (Å²) in [6.45, 7) is 3.02. The second-order valence-corrected chi connectivity index (χ2v) is 10.5. The van der Waals surface area contributed by atoms with Crippen LogP contribution in [-0.2, 0) is 24.5 Å². The zero-order chi connectivity index (χ0) is 26.4. The van der Waals surface area contributed by atoms with Gasteiger partial charge in [-0.25, -0.2) is 14.2 Å². The van der Waals surface area contributed by atoms with Gasteiger partial charge in [0.2, 0.25) is 5.37 Å². The van der Waals surface area contributed by atoms with E-state index in [2.05, 4.69) is 0 Å². The van der Waals surface area contributed by atoms with Crippen LogP contribution in [0.25, 0.3) is 0 Å². The van der Waals surface area contributed by atoms with Gasteiger partial charge in [-0.1, -0.05) is 19.4 Å². The molecule has 2 saturated heterocycles. The van der Waals surface area contributed by atoms with Crippen LogP contribution in [0.1, 0.15) is 31.7 Å². The summed E-state index contributed by atoms with van der Waals surface area (Å²) >= 11 is 0. The van der Waals surface area contributed by atoms with Crippen LogP contribution in [0.4, 0.5) is 10.5 Å². The molecule has 1 aromatic carbocycles. The zero-order valence-electron chi connectivity index (χ0n) is 19.7. The van der Waals surface area contributed by atoms with Crippen LogP contribution in [0.15, 0.2) is 41.8 Å². The summed E-state index contributed by atoms with van der Waals surface area (Å²) < 4.78 is 39.8. The number of nitrogens with zero attached hydrogens (tertiary/aromatic N) is 3. The normalized spacial score (nSPS) is 26.0.